The quantitative estimate of drug-likeness (QED) is 0.323. The van der Waals surface area contributed by atoms with E-state index in [0.717, 1.165) is 36.0 Å². The maximum absolute atomic E-state index is 12.5. The Kier molecular flexibility index (Phi) is 9.10. The molecule has 0 radical (unpaired) electrons. The summed E-state index contributed by atoms with van der Waals surface area (Å²) in [6.07, 6.45) is 2.71. The van der Waals surface area contributed by atoms with Crippen LogP contribution in [0.25, 0.3) is 0 Å². The van der Waals surface area contributed by atoms with Crippen molar-refractivity contribution < 1.29 is 4.79 Å². The smallest absolute Gasteiger partial charge is 0.220 e. The Bertz CT molecular complexity index is 983. The summed E-state index contributed by atoms with van der Waals surface area (Å²) in [6.45, 7) is 0.548. The van der Waals surface area contributed by atoms with Gasteiger partial charge in [0.15, 0.2) is 0 Å². The molecule has 31 heavy (non-hydrogen) atoms. The average Bonchev–Trinajstić information content (AvgIpc) is 2.72. The third-order valence-corrected chi connectivity index (χ3v) is 6.01. The lowest BCUT2D eigenvalue weighted by Gasteiger charge is -2.19. The molecular weight excluding hydrogens is 472 g/mol. The van der Waals surface area contributed by atoms with Crippen molar-refractivity contribution in [3.63, 3.8) is 0 Å². The van der Waals surface area contributed by atoms with Gasteiger partial charge in [0.1, 0.15) is 0 Å². The zero-order valence-electron chi connectivity index (χ0n) is 16.9. The highest BCUT2D eigenvalue weighted by Gasteiger charge is 2.14. The summed E-state index contributed by atoms with van der Waals surface area (Å²) in [7, 11) is 0. The van der Waals surface area contributed by atoms with Crippen molar-refractivity contribution in [1.82, 2.24) is 5.32 Å². The lowest BCUT2D eigenvalue weighted by Crippen LogP contribution is -2.29. The fourth-order valence-corrected chi connectivity index (χ4v) is 4.30. The number of hydrogen-bond donors (Lipinski definition) is 1. The maximum atomic E-state index is 12.5. The fourth-order valence-electron chi connectivity index (χ4n) is 3.48. The molecule has 162 valence electrons. The van der Waals surface area contributed by atoms with E-state index in [9.17, 15) is 4.79 Å². The molecule has 3 aromatic carbocycles. The van der Waals surface area contributed by atoms with E-state index in [1.165, 1.54) is 0 Å². The van der Waals surface area contributed by atoms with Crippen molar-refractivity contribution in [3.05, 3.63) is 104 Å². The number of nitrogens with one attached hydrogen (secondary N) is 1. The van der Waals surface area contributed by atoms with Gasteiger partial charge in [0.25, 0.3) is 0 Å². The molecule has 3 rings (SSSR count). The summed E-state index contributed by atoms with van der Waals surface area (Å²) in [5.41, 5.74) is 3.33. The van der Waals surface area contributed by atoms with Gasteiger partial charge >= 0.3 is 0 Å². The Labute approximate surface area is 203 Å². The van der Waals surface area contributed by atoms with Crippen molar-refractivity contribution in [2.45, 2.75) is 31.6 Å². The molecule has 1 N–H and O–H groups in total. The van der Waals surface area contributed by atoms with Gasteiger partial charge in [0, 0.05) is 39.0 Å². The first kappa shape index (κ1) is 23.9. The van der Waals surface area contributed by atoms with E-state index in [1.807, 2.05) is 60.7 Å². The Morgan fingerprint density at radius 1 is 0.742 bits per heavy atom. The van der Waals surface area contributed by atoms with E-state index >= 15 is 0 Å². The Morgan fingerprint density at radius 3 is 1.94 bits per heavy atom. The highest BCUT2D eigenvalue weighted by atomic mass is 35.5. The summed E-state index contributed by atoms with van der Waals surface area (Å²) in [4.78, 5) is 12.5. The highest BCUT2D eigenvalue weighted by molar-refractivity contribution is 6.34. The molecule has 0 fully saturated rings. The van der Waals surface area contributed by atoms with E-state index in [0.29, 0.717) is 33.1 Å². The van der Waals surface area contributed by atoms with Gasteiger partial charge < -0.3 is 5.32 Å². The molecule has 1 amide bonds. The Hall–Kier alpha value is -1.71. The molecule has 0 spiro atoms. The maximum Gasteiger partial charge on any atom is 0.220 e. The third kappa shape index (κ3) is 8.05. The first-order valence-corrected chi connectivity index (χ1v) is 11.6. The molecular formula is C25H23Cl4NO. The number of aryl methyl sites for hydroxylation is 1. The third-order valence-electron chi connectivity index (χ3n) is 5.07. The molecule has 1 atom stereocenters. The second kappa shape index (κ2) is 11.8. The number of halogens is 4. The van der Waals surface area contributed by atoms with Crippen molar-refractivity contribution in [2.75, 3.05) is 6.54 Å². The van der Waals surface area contributed by atoms with Crippen LogP contribution in [0.4, 0.5) is 0 Å². The second-order valence-corrected chi connectivity index (χ2v) is 9.26. The van der Waals surface area contributed by atoms with Crippen LogP contribution in [0.5, 0.6) is 0 Å². The summed E-state index contributed by atoms with van der Waals surface area (Å²) in [5, 5.41) is 5.71. The van der Waals surface area contributed by atoms with Gasteiger partial charge in [0.05, 0.1) is 0 Å². The number of benzene rings is 3. The average molecular weight is 495 g/mol. The Balaban J connectivity index is 1.56. The van der Waals surface area contributed by atoms with Crippen LogP contribution in [-0.4, -0.2) is 12.5 Å². The van der Waals surface area contributed by atoms with Crippen LogP contribution in [0.2, 0.25) is 20.1 Å². The largest absolute Gasteiger partial charge is 0.355 e. The van der Waals surface area contributed by atoms with E-state index in [1.54, 1.807) is 6.07 Å². The van der Waals surface area contributed by atoms with Gasteiger partial charge in [-0.25, -0.2) is 0 Å². The van der Waals surface area contributed by atoms with Gasteiger partial charge in [0.2, 0.25) is 5.91 Å². The minimum absolute atomic E-state index is 0.0307. The number of carbonyl (C=O) groups is 1. The summed E-state index contributed by atoms with van der Waals surface area (Å²) >= 11 is 24.1. The van der Waals surface area contributed by atoms with Gasteiger partial charge in [-0.05, 0) is 78.4 Å². The van der Waals surface area contributed by atoms with Crippen molar-refractivity contribution >= 4 is 52.3 Å². The SMILES string of the molecule is O=C(CCCc1cc(Cl)cc(Cl)c1)NC[C@H](Cc1ccc(Cl)cc1)c1ccc(Cl)cc1. The number of hydrogen-bond acceptors (Lipinski definition) is 1. The first-order valence-electron chi connectivity index (χ1n) is 10.1. The zero-order valence-corrected chi connectivity index (χ0v) is 19.9. The van der Waals surface area contributed by atoms with Crippen molar-refractivity contribution in [3.8, 4) is 0 Å². The second-order valence-electron chi connectivity index (χ2n) is 7.51. The Morgan fingerprint density at radius 2 is 1.32 bits per heavy atom. The van der Waals surface area contributed by atoms with Crippen molar-refractivity contribution in [1.29, 1.82) is 0 Å². The molecule has 0 saturated heterocycles. The van der Waals surface area contributed by atoms with Gasteiger partial charge in [-0.1, -0.05) is 70.7 Å². The van der Waals surface area contributed by atoms with Crippen LogP contribution >= 0.6 is 46.4 Å². The zero-order chi connectivity index (χ0) is 22.2. The molecule has 3 aromatic rings. The molecule has 0 aliphatic heterocycles. The molecule has 0 aromatic heterocycles. The minimum Gasteiger partial charge on any atom is -0.355 e. The first-order chi connectivity index (χ1) is 14.9. The predicted molar refractivity (Wildman–Crippen MR) is 132 cm³/mol. The topological polar surface area (TPSA) is 29.1 Å². The highest BCUT2D eigenvalue weighted by Crippen LogP contribution is 2.24. The molecule has 0 bridgehead atoms. The van der Waals surface area contributed by atoms with E-state index in [2.05, 4.69) is 5.32 Å². The van der Waals surface area contributed by atoms with E-state index in [-0.39, 0.29) is 11.8 Å². The molecule has 0 aliphatic rings. The normalized spacial score (nSPS) is 11.9. The molecule has 0 aliphatic carbocycles. The molecule has 0 unspecified atom stereocenters. The van der Waals surface area contributed by atoms with Crippen LogP contribution in [0.15, 0.2) is 66.7 Å². The number of amides is 1. The van der Waals surface area contributed by atoms with Crippen LogP contribution in [0.1, 0.15) is 35.4 Å². The molecule has 2 nitrogen and oxygen atoms in total. The van der Waals surface area contributed by atoms with E-state index < -0.39 is 0 Å². The monoisotopic (exact) mass is 493 g/mol. The summed E-state index contributed by atoms with van der Waals surface area (Å²) in [5.74, 6) is 0.164. The van der Waals surface area contributed by atoms with Crippen LogP contribution in [0.3, 0.4) is 0 Å². The lowest BCUT2D eigenvalue weighted by atomic mass is 9.92. The van der Waals surface area contributed by atoms with Gasteiger partial charge in [-0.3, -0.25) is 4.79 Å². The van der Waals surface area contributed by atoms with Crippen LogP contribution in [-0.2, 0) is 17.6 Å². The predicted octanol–water partition coefficient (Wildman–Crippen LogP) is 7.77. The fraction of sp³-hybridized carbons (Fsp3) is 0.240. The molecule has 0 heterocycles. The summed E-state index contributed by atoms with van der Waals surface area (Å²) < 4.78 is 0. The van der Waals surface area contributed by atoms with Gasteiger partial charge in [-0.15, -0.1) is 0 Å². The van der Waals surface area contributed by atoms with Crippen molar-refractivity contribution in [2.24, 2.45) is 0 Å². The number of carbonyl (C=O) groups excluding carboxylic acids is 1. The standard InChI is InChI=1S/C25H23Cl4NO/c26-21-8-4-17(5-9-21)12-20(19-6-10-22(27)11-7-19)16-30-25(31)3-1-2-18-13-23(28)15-24(29)14-18/h4-11,13-15,20H,1-3,12,16H2,(H,30,31)/t20-/m0/s1. The summed E-state index contributed by atoms with van der Waals surface area (Å²) in [6, 6.07) is 21.1. The lowest BCUT2D eigenvalue weighted by molar-refractivity contribution is -0.121. The van der Waals surface area contributed by atoms with Crippen LogP contribution < -0.4 is 5.32 Å². The number of rotatable bonds is 9. The molecule has 0 saturated carbocycles. The van der Waals surface area contributed by atoms with Crippen LogP contribution in [0, 0.1) is 0 Å². The molecule has 6 heteroatoms. The van der Waals surface area contributed by atoms with Gasteiger partial charge in [-0.2, -0.15) is 0 Å². The minimum atomic E-state index is 0.0307. The van der Waals surface area contributed by atoms with E-state index in [4.69, 9.17) is 46.4 Å².